The zero-order valence-corrected chi connectivity index (χ0v) is 26.0. The number of amides is 2. The van der Waals surface area contributed by atoms with Crippen LogP contribution in [0.3, 0.4) is 0 Å². The number of carboxylic acids is 1. The maximum Gasteiger partial charge on any atom is 0.408 e. The van der Waals surface area contributed by atoms with Gasteiger partial charge < -0.3 is 20.5 Å². The molecule has 0 spiro atoms. The first-order valence-electron chi connectivity index (χ1n) is 13.9. The first-order chi connectivity index (χ1) is 18.8. The molecular weight excluding hydrogens is 524 g/mol. The Hall–Kier alpha value is -3.00. The fourth-order valence-corrected chi connectivity index (χ4v) is 4.68. The number of nitrogens with one attached hydrogen (secondary N) is 2. The molecule has 2 atom stereocenters. The number of hydrogen-bond donors (Lipinski definition) is 3. The molecule has 1 rings (SSSR count). The average molecular weight is 573 g/mol. The van der Waals surface area contributed by atoms with Crippen LogP contribution >= 0.6 is 11.8 Å². The van der Waals surface area contributed by atoms with Crippen molar-refractivity contribution in [2.24, 2.45) is 0 Å². The fraction of sp³-hybridized carbons (Fsp3) is 0.531. The van der Waals surface area contributed by atoms with Crippen molar-refractivity contribution >= 4 is 29.7 Å². The van der Waals surface area contributed by atoms with Gasteiger partial charge in [-0.05, 0) is 79.7 Å². The average Bonchev–Trinajstić information content (AvgIpc) is 2.84. The summed E-state index contributed by atoms with van der Waals surface area (Å²) >= 11 is 1.45. The minimum Gasteiger partial charge on any atom is -0.480 e. The Bertz CT molecular complexity index is 1040. The SMILES string of the molecule is CC(C)=CCCC(C)=CCCC(C)=CCSCC(NC(=O)C(Cc1ccccc1)NC(=O)OC(C)(C)C)C(=O)O. The lowest BCUT2D eigenvalue weighted by Gasteiger charge is -2.24. The van der Waals surface area contributed by atoms with Gasteiger partial charge in [0.2, 0.25) is 5.91 Å². The van der Waals surface area contributed by atoms with E-state index in [2.05, 4.69) is 56.6 Å². The number of ether oxygens (including phenoxy) is 1. The molecule has 0 aromatic heterocycles. The second kappa shape index (κ2) is 18.4. The summed E-state index contributed by atoms with van der Waals surface area (Å²) in [5, 5.41) is 14.9. The molecule has 3 N–H and O–H groups in total. The molecule has 7 nitrogen and oxygen atoms in total. The zero-order chi connectivity index (χ0) is 30.1. The van der Waals surface area contributed by atoms with Crippen LogP contribution in [0.25, 0.3) is 0 Å². The van der Waals surface area contributed by atoms with Crippen molar-refractivity contribution in [3.8, 4) is 0 Å². The number of carbonyl (C=O) groups is 3. The summed E-state index contributed by atoms with van der Waals surface area (Å²) in [5.74, 6) is -0.830. The van der Waals surface area contributed by atoms with E-state index >= 15 is 0 Å². The Balaban J connectivity index is 2.66. The van der Waals surface area contributed by atoms with E-state index in [9.17, 15) is 19.5 Å². The van der Waals surface area contributed by atoms with E-state index in [0.717, 1.165) is 31.2 Å². The van der Waals surface area contributed by atoms with Gasteiger partial charge in [-0.25, -0.2) is 9.59 Å². The number of carbonyl (C=O) groups excluding carboxylic acids is 2. The summed E-state index contributed by atoms with van der Waals surface area (Å²) in [6.45, 7) is 13.7. The van der Waals surface area contributed by atoms with Crippen molar-refractivity contribution in [1.29, 1.82) is 0 Å². The van der Waals surface area contributed by atoms with E-state index in [-0.39, 0.29) is 12.2 Å². The van der Waals surface area contributed by atoms with Crippen molar-refractivity contribution in [2.75, 3.05) is 11.5 Å². The highest BCUT2D eigenvalue weighted by molar-refractivity contribution is 7.99. The van der Waals surface area contributed by atoms with Gasteiger partial charge in [0.1, 0.15) is 17.7 Å². The van der Waals surface area contributed by atoms with Crippen LogP contribution in [0.15, 0.2) is 65.3 Å². The van der Waals surface area contributed by atoms with Crippen LogP contribution < -0.4 is 10.6 Å². The molecule has 1 aromatic rings. The molecule has 0 aliphatic carbocycles. The van der Waals surface area contributed by atoms with Gasteiger partial charge in [-0.2, -0.15) is 11.8 Å². The van der Waals surface area contributed by atoms with Crippen molar-refractivity contribution in [3.63, 3.8) is 0 Å². The van der Waals surface area contributed by atoms with Gasteiger partial charge in [0.05, 0.1) is 0 Å². The number of hydrogen-bond acceptors (Lipinski definition) is 5. The summed E-state index contributed by atoms with van der Waals surface area (Å²) in [6, 6.07) is 7.16. The predicted molar refractivity (Wildman–Crippen MR) is 166 cm³/mol. The Morgan fingerprint density at radius 1 is 0.900 bits per heavy atom. The van der Waals surface area contributed by atoms with E-state index in [4.69, 9.17) is 4.74 Å². The van der Waals surface area contributed by atoms with Gasteiger partial charge in [0, 0.05) is 17.9 Å². The van der Waals surface area contributed by atoms with Crippen molar-refractivity contribution in [3.05, 3.63) is 70.8 Å². The molecule has 40 heavy (non-hydrogen) atoms. The molecule has 0 radical (unpaired) electrons. The third-order valence-corrected chi connectivity index (χ3v) is 6.83. The van der Waals surface area contributed by atoms with Crippen LogP contribution in [0, 0.1) is 0 Å². The number of benzene rings is 1. The number of carboxylic acid groups (broad SMARTS) is 1. The quantitative estimate of drug-likeness (QED) is 0.148. The van der Waals surface area contributed by atoms with Crippen LogP contribution in [-0.2, 0) is 20.7 Å². The molecule has 0 aliphatic rings. The van der Waals surface area contributed by atoms with Crippen LogP contribution in [0.5, 0.6) is 0 Å². The third-order valence-electron chi connectivity index (χ3n) is 5.86. The van der Waals surface area contributed by atoms with Crippen molar-refractivity contribution in [2.45, 2.75) is 98.3 Å². The second-order valence-corrected chi connectivity index (χ2v) is 12.4. The predicted octanol–water partition coefficient (Wildman–Crippen LogP) is 6.84. The highest BCUT2D eigenvalue weighted by Crippen LogP contribution is 2.14. The summed E-state index contributed by atoms with van der Waals surface area (Å²) < 4.78 is 5.31. The number of rotatable bonds is 16. The molecule has 2 unspecified atom stereocenters. The minimum atomic E-state index is -1.12. The third kappa shape index (κ3) is 16.9. The molecule has 0 fully saturated rings. The molecule has 0 heterocycles. The van der Waals surface area contributed by atoms with Gasteiger partial charge in [-0.3, -0.25) is 4.79 Å². The first-order valence-corrected chi connectivity index (χ1v) is 15.0. The second-order valence-electron chi connectivity index (χ2n) is 11.3. The lowest BCUT2D eigenvalue weighted by molar-refractivity contribution is -0.141. The van der Waals surface area contributed by atoms with Crippen molar-refractivity contribution in [1.82, 2.24) is 10.6 Å². The van der Waals surface area contributed by atoms with E-state index < -0.39 is 35.7 Å². The largest absolute Gasteiger partial charge is 0.480 e. The Kier molecular flexibility index (Phi) is 16.1. The summed E-state index contributed by atoms with van der Waals surface area (Å²) in [5.41, 5.74) is 4.09. The molecule has 1 aromatic carbocycles. The topological polar surface area (TPSA) is 105 Å². The van der Waals surface area contributed by atoms with Crippen LogP contribution in [-0.4, -0.2) is 52.3 Å². The van der Waals surface area contributed by atoms with Gasteiger partial charge in [0.25, 0.3) is 0 Å². The number of aliphatic carboxylic acids is 1. The molecule has 0 saturated carbocycles. The molecule has 0 aliphatic heterocycles. The van der Waals surface area contributed by atoms with Crippen LogP contribution in [0.4, 0.5) is 4.79 Å². The molecule has 222 valence electrons. The Morgan fingerprint density at radius 3 is 2.08 bits per heavy atom. The lowest BCUT2D eigenvalue weighted by Crippen LogP contribution is -2.53. The van der Waals surface area contributed by atoms with Gasteiger partial charge >= 0.3 is 12.1 Å². The highest BCUT2D eigenvalue weighted by atomic mass is 32.2. The first kappa shape index (κ1) is 35.0. The molecule has 2 amide bonds. The Morgan fingerprint density at radius 2 is 1.50 bits per heavy atom. The van der Waals surface area contributed by atoms with Gasteiger partial charge in [-0.15, -0.1) is 0 Å². The fourth-order valence-electron chi connectivity index (χ4n) is 3.68. The normalized spacial score (nSPS) is 13.7. The monoisotopic (exact) mass is 572 g/mol. The lowest BCUT2D eigenvalue weighted by atomic mass is 10.1. The minimum absolute atomic E-state index is 0.205. The summed E-state index contributed by atoms with van der Waals surface area (Å²) in [6.07, 6.45) is 10.2. The number of alkyl carbamates (subject to hydrolysis) is 1. The molecule has 0 bridgehead atoms. The van der Waals surface area contributed by atoms with Gasteiger partial charge in [-0.1, -0.05) is 65.3 Å². The van der Waals surface area contributed by atoms with Crippen molar-refractivity contribution < 1.29 is 24.2 Å². The molecular formula is C32H48N2O5S. The highest BCUT2D eigenvalue weighted by Gasteiger charge is 2.28. The van der Waals surface area contributed by atoms with Crippen LogP contribution in [0.2, 0.25) is 0 Å². The standard InChI is InChI=1S/C32H48N2O5S/c1-23(2)13-11-14-24(3)15-12-16-25(4)19-20-40-22-28(30(36)37)33-29(35)27(21-26-17-9-8-10-18-26)34-31(38)39-32(5,6)7/h8-10,13,15,17-19,27-28H,11-12,14,16,20-22H2,1-7H3,(H,33,35)(H,34,38)(H,36,37). The number of allylic oxidation sites excluding steroid dienone is 5. The van der Waals surface area contributed by atoms with E-state index in [1.165, 1.54) is 28.5 Å². The van der Waals surface area contributed by atoms with E-state index in [1.807, 2.05) is 30.3 Å². The zero-order valence-electron chi connectivity index (χ0n) is 25.2. The van der Waals surface area contributed by atoms with E-state index in [1.54, 1.807) is 20.8 Å². The summed E-state index contributed by atoms with van der Waals surface area (Å²) in [4.78, 5) is 37.4. The maximum atomic E-state index is 13.1. The van der Waals surface area contributed by atoms with Crippen LogP contribution in [0.1, 0.15) is 79.7 Å². The molecule has 0 saturated heterocycles. The molecule has 8 heteroatoms. The summed E-state index contributed by atoms with van der Waals surface area (Å²) in [7, 11) is 0. The van der Waals surface area contributed by atoms with Gasteiger partial charge in [0.15, 0.2) is 0 Å². The number of thioether (sulfide) groups is 1. The Labute approximate surface area is 244 Å². The smallest absolute Gasteiger partial charge is 0.408 e. The van der Waals surface area contributed by atoms with E-state index in [0.29, 0.717) is 5.75 Å². The maximum absolute atomic E-state index is 13.1.